The molecule has 5 heteroatoms. The second-order valence-electron chi connectivity index (χ2n) is 5.12. The standard InChI is InChI=1S/C16H19N3O2/c1-11-6-12(9-18-8-11)10-21-16(20)14-7-13(17)4-5-15(14)19(2)3/h4-9H,10,17H2,1-3H3. The Balaban J connectivity index is 2.15. The van der Waals surface area contributed by atoms with Crippen LogP contribution in [0.15, 0.2) is 36.7 Å². The van der Waals surface area contributed by atoms with E-state index in [2.05, 4.69) is 4.98 Å². The molecule has 1 aromatic heterocycles. The lowest BCUT2D eigenvalue weighted by Crippen LogP contribution is -2.16. The number of pyridine rings is 1. The number of aryl methyl sites for hydroxylation is 1. The van der Waals surface area contributed by atoms with Gasteiger partial charge in [0.1, 0.15) is 6.61 Å². The van der Waals surface area contributed by atoms with Crippen LogP contribution in [0.2, 0.25) is 0 Å². The van der Waals surface area contributed by atoms with Crippen LogP contribution >= 0.6 is 0 Å². The highest BCUT2D eigenvalue weighted by atomic mass is 16.5. The second kappa shape index (κ2) is 6.26. The van der Waals surface area contributed by atoms with Gasteiger partial charge in [-0.1, -0.05) is 0 Å². The summed E-state index contributed by atoms with van der Waals surface area (Å²) in [6, 6.07) is 7.13. The molecular formula is C16H19N3O2. The average molecular weight is 285 g/mol. The molecule has 0 saturated carbocycles. The molecule has 21 heavy (non-hydrogen) atoms. The number of anilines is 2. The number of ether oxygens (including phenoxy) is 1. The minimum Gasteiger partial charge on any atom is -0.457 e. The molecule has 0 unspecified atom stereocenters. The van der Waals surface area contributed by atoms with Gasteiger partial charge < -0.3 is 15.4 Å². The molecule has 5 nitrogen and oxygen atoms in total. The summed E-state index contributed by atoms with van der Waals surface area (Å²) in [7, 11) is 3.74. The first-order valence-corrected chi connectivity index (χ1v) is 6.62. The second-order valence-corrected chi connectivity index (χ2v) is 5.12. The van der Waals surface area contributed by atoms with Crippen LogP contribution in [0.4, 0.5) is 11.4 Å². The fraction of sp³-hybridized carbons (Fsp3) is 0.250. The molecular weight excluding hydrogens is 266 g/mol. The first kappa shape index (κ1) is 14.8. The van der Waals surface area contributed by atoms with Crippen LogP contribution in [0, 0.1) is 6.92 Å². The molecule has 0 saturated heterocycles. The SMILES string of the molecule is Cc1cncc(COC(=O)c2cc(N)ccc2N(C)C)c1. The third-order valence-electron chi connectivity index (χ3n) is 3.02. The summed E-state index contributed by atoms with van der Waals surface area (Å²) in [5.74, 6) is -0.396. The Morgan fingerprint density at radius 2 is 2.05 bits per heavy atom. The zero-order chi connectivity index (χ0) is 15.4. The summed E-state index contributed by atoms with van der Waals surface area (Å²) >= 11 is 0. The van der Waals surface area contributed by atoms with E-state index in [1.54, 1.807) is 30.6 Å². The number of aromatic nitrogens is 1. The van der Waals surface area contributed by atoms with Crippen LogP contribution < -0.4 is 10.6 Å². The Labute approximate surface area is 124 Å². The summed E-state index contributed by atoms with van der Waals surface area (Å²) in [6.07, 6.45) is 3.44. The van der Waals surface area contributed by atoms with E-state index in [0.29, 0.717) is 11.3 Å². The Hall–Kier alpha value is -2.56. The van der Waals surface area contributed by atoms with Crippen molar-refractivity contribution in [1.29, 1.82) is 0 Å². The number of carbonyl (C=O) groups excluding carboxylic acids is 1. The maximum absolute atomic E-state index is 12.3. The lowest BCUT2D eigenvalue weighted by Gasteiger charge is -2.17. The molecule has 2 aromatic rings. The van der Waals surface area contributed by atoms with E-state index < -0.39 is 5.97 Å². The minimum absolute atomic E-state index is 0.190. The van der Waals surface area contributed by atoms with E-state index in [9.17, 15) is 4.79 Å². The van der Waals surface area contributed by atoms with Crippen molar-refractivity contribution in [3.05, 3.63) is 53.3 Å². The number of carbonyl (C=O) groups is 1. The lowest BCUT2D eigenvalue weighted by atomic mass is 10.1. The van der Waals surface area contributed by atoms with Crippen molar-refractivity contribution in [3.8, 4) is 0 Å². The fourth-order valence-electron chi connectivity index (χ4n) is 2.03. The molecule has 2 N–H and O–H groups in total. The smallest absolute Gasteiger partial charge is 0.340 e. The van der Waals surface area contributed by atoms with E-state index >= 15 is 0 Å². The molecule has 0 radical (unpaired) electrons. The topological polar surface area (TPSA) is 68.4 Å². The molecule has 0 amide bonds. The van der Waals surface area contributed by atoms with E-state index in [1.165, 1.54) is 0 Å². The largest absolute Gasteiger partial charge is 0.457 e. The highest BCUT2D eigenvalue weighted by molar-refractivity contribution is 5.96. The van der Waals surface area contributed by atoms with Crippen LogP contribution in [0.5, 0.6) is 0 Å². The molecule has 0 fully saturated rings. The van der Waals surface area contributed by atoms with Gasteiger partial charge in [0.15, 0.2) is 0 Å². The molecule has 1 heterocycles. The highest BCUT2D eigenvalue weighted by Crippen LogP contribution is 2.22. The molecule has 0 atom stereocenters. The van der Waals surface area contributed by atoms with Gasteiger partial charge in [0.05, 0.1) is 11.3 Å². The van der Waals surface area contributed by atoms with Gasteiger partial charge in [-0.2, -0.15) is 0 Å². The van der Waals surface area contributed by atoms with Gasteiger partial charge in [-0.3, -0.25) is 4.98 Å². The Morgan fingerprint density at radius 3 is 2.71 bits per heavy atom. The van der Waals surface area contributed by atoms with Crippen LogP contribution in [0.1, 0.15) is 21.5 Å². The first-order valence-electron chi connectivity index (χ1n) is 6.62. The third-order valence-corrected chi connectivity index (χ3v) is 3.02. The maximum atomic E-state index is 12.3. The summed E-state index contributed by atoms with van der Waals surface area (Å²) in [5, 5.41) is 0. The van der Waals surface area contributed by atoms with Crippen molar-refractivity contribution in [2.75, 3.05) is 24.7 Å². The van der Waals surface area contributed by atoms with Crippen molar-refractivity contribution in [2.45, 2.75) is 13.5 Å². The number of rotatable bonds is 4. The van der Waals surface area contributed by atoms with Crippen molar-refractivity contribution >= 4 is 17.3 Å². The molecule has 0 aliphatic carbocycles. The molecule has 1 aromatic carbocycles. The third kappa shape index (κ3) is 3.72. The molecule has 110 valence electrons. The van der Waals surface area contributed by atoms with Gasteiger partial charge in [-0.25, -0.2) is 4.79 Å². The first-order chi connectivity index (χ1) is 9.97. The normalized spacial score (nSPS) is 10.2. The van der Waals surface area contributed by atoms with Gasteiger partial charge in [-0.05, 0) is 36.8 Å². The van der Waals surface area contributed by atoms with Crippen LogP contribution in [-0.2, 0) is 11.3 Å². The predicted octanol–water partition coefficient (Wildman–Crippen LogP) is 2.40. The predicted molar refractivity (Wildman–Crippen MR) is 83.3 cm³/mol. The van der Waals surface area contributed by atoms with Crippen molar-refractivity contribution < 1.29 is 9.53 Å². The summed E-state index contributed by atoms with van der Waals surface area (Å²) < 4.78 is 5.35. The van der Waals surface area contributed by atoms with Gasteiger partial charge in [-0.15, -0.1) is 0 Å². The molecule has 0 bridgehead atoms. The lowest BCUT2D eigenvalue weighted by molar-refractivity contribution is 0.0473. The number of nitrogen functional groups attached to an aromatic ring is 1. The summed E-state index contributed by atoms with van der Waals surface area (Å²) in [5.41, 5.74) is 9.41. The van der Waals surface area contributed by atoms with Gasteiger partial charge in [0.2, 0.25) is 0 Å². The van der Waals surface area contributed by atoms with Crippen molar-refractivity contribution in [1.82, 2.24) is 4.98 Å². The zero-order valence-electron chi connectivity index (χ0n) is 12.5. The van der Waals surface area contributed by atoms with E-state index in [0.717, 1.165) is 16.8 Å². The molecule has 0 aliphatic heterocycles. The molecule has 0 spiro atoms. The minimum atomic E-state index is -0.396. The van der Waals surface area contributed by atoms with Gasteiger partial charge in [0.25, 0.3) is 0 Å². The fourth-order valence-corrected chi connectivity index (χ4v) is 2.03. The highest BCUT2D eigenvalue weighted by Gasteiger charge is 2.15. The number of nitrogens with zero attached hydrogens (tertiary/aromatic N) is 2. The van der Waals surface area contributed by atoms with E-state index in [4.69, 9.17) is 10.5 Å². The number of benzene rings is 1. The number of nitrogens with two attached hydrogens (primary N) is 1. The average Bonchev–Trinajstić information content (AvgIpc) is 2.44. The number of hydrogen-bond acceptors (Lipinski definition) is 5. The molecule has 0 aliphatic rings. The zero-order valence-corrected chi connectivity index (χ0v) is 12.5. The van der Waals surface area contributed by atoms with Crippen LogP contribution in [0.3, 0.4) is 0 Å². The Bertz CT molecular complexity index is 654. The molecule has 2 rings (SSSR count). The van der Waals surface area contributed by atoms with E-state index in [1.807, 2.05) is 32.0 Å². The quantitative estimate of drug-likeness (QED) is 0.690. The van der Waals surface area contributed by atoms with E-state index in [-0.39, 0.29) is 6.61 Å². The Morgan fingerprint density at radius 1 is 1.29 bits per heavy atom. The number of hydrogen-bond donors (Lipinski definition) is 1. The van der Waals surface area contributed by atoms with Crippen LogP contribution in [-0.4, -0.2) is 25.0 Å². The van der Waals surface area contributed by atoms with Crippen molar-refractivity contribution in [2.24, 2.45) is 0 Å². The van der Waals surface area contributed by atoms with Crippen molar-refractivity contribution in [3.63, 3.8) is 0 Å². The summed E-state index contributed by atoms with van der Waals surface area (Å²) in [6.45, 7) is 2.13. The monoisotopic (exact) mass is 285 g/mol. The van der Waals surface area contributed by atoms with Crippen LogP contribution in [0.25, 0.3) is 0 Å². The maximum Gasteiger partial charge on any atom is 0.340 e. The number of esters is 1. The van der Waals surface area contributed by atoms with Gasteiger partial charge in [0, 0.05) is 37.7 Å². The summed E-state index contributed by atoms with van der Waals surface area (Å²) in [4.78, 5) is 18.2. The van der Waals surface area contributed by atoms with Gasteiger partial charge >= 0.3 is 5.97 Å². The Kier molecular flexibility index (Phi) is 4.42.